The van der Waals surface area contributed by atoms with Gasteiger partial charge in [0, 0.05) is 5.02 Å². The van der Waals surface area contributed by atoms with Gasteiger partial charge in [0.25, 0.3) is 0 Å². The molecule has 1 aromatic rings. The first kappa shape index (κ1) is 14.6. The molecule has 0 spiro atoms. The number of unbranched alkanes of at least 4 members (excludes halogenated alkanes) is 2. The second kappa shape index (κ2) is 7.06. The SMILES string of the molecule is CCC(C)(C)CCCCCc1cccc(Cl)c1. The van der Waals surface area contributed by atoms with Crippen molar-refractivity contribution in [2.75, 3.05) is 0 Å². The Morgan fingerprint density at radius 3 is 2.53 bits per heavy atom. The van der Waals surface area contributed by atoms with E-state index in [0.717, 1.165) is 11.4 Å². The minimum absolute atomic E-state index is 0.524. The topological polar surface area (TPSA) is 0 Å². The Bertz CT molecular complexity index is 328. The molecule has 0 saturated heterocycles. The van der Waals surface area contributed by atoms with Gasteiger partial charge in [-0.15, -0.1) is 0 Å². The second-order valence-corrected chi connectivity index (χ2v) is 6.14. The smallest absolute Gasteiger partial charge is 0.0408 e. The molecule has 0 unspecified atom stereocenters. The molecule has 0 amide bonds. The number of benzene rings is 1. The van der Waals surface area contributed by atoms with Gasteiger partial charge in [-0.3, -0.25) is 0 Å². The van der Waals surface area contributed by atoms with E-state index in [0.29, 0.717) is 5.41 Å². The molecule has 0 saturated carbocycles. The summed E-state index contributed by atoms with van der Waals surface area (Å²) in [7, 11) is 0. The lowest BCUT2D eigenvalue weighted by Gasteiger charge is -2.22. The van der Waals surface area contributed by atoms with Crippen LogP contribution in [0.3, 0.4) is 0 Å². The molecule has 0 bridgehead atoms. The number of hydrogen-bond donors (Lipinski definition) is 0. The minimum atomic E-state index is 0.524. The van der Waals surface area contributed by atoms with E-state index in [1.165, 1.54) is 37.7 Å². The zero-order valence-electron chi connectivity index (χ0n) is 11.4. The van der Waals surface area contributed by atoms with Gasteiger partial charge in [0.05, 0.1) is 0 Å². The number of halogens is 1. The maximum Gasteiger partial charge on any atom is 0.0408 e. The molecule has 0 radical (unpaired) electrons. The third-order valence-corrected chi connectivity index (χ3v) is 3.90. The Morgan fingerprint density at radius 2 is 1.88 bits per heavy atom. The molecule has 0 aromatic heterocycles. The lowest BCUT2D eigenvalue weighted by Crippen LogP contribution is -2.08. The van der Waals surface area contributed by atoms with Crippen molar-refractivity contribution in [1.29, 1.82) is 0 Å². The lowest BCUT2D eigenvalue weighted by atomic mass is 9.84. The average Bonchev–Trinajstić information content (AvgIpc) is 2.29. The fourth-order valence-electron chi connectivity index (χ4n) is 1.98. The summed E-state index contributed by atoms with van der Waals surface area (Å²) < 4.78 is 0. The maximum atomic E-state index is 5.96. The molecule has 17 heavy (non-hydrogen) atoms. The zero-order chi connectivity index (χ0) is 12.7. The Kier molecular flexibility index (Phi) is 6.05. The predicted octanol–water partition coefficient (Wildman–Crippen LogP) is 5.88. The molecular formula is C16H25Cl. The maximum absolute atomic E-state index is 5.96. The van der Waals surface area contributed by atoms with Crippen LogP contribution < -0.4 is 0 Å². The summed E-state index contributed by atoms with van der Waals surface area (Å²) in [5, 5.41) is 0.856. The van der Waals surface area contributed by atoms with Gasteiger partial charge >= 0.3 is 0 Å². The zero-order valence-corrected chi connectivity index (χ0v) is 12.2. The van der Waals surface area contributed by atoms with Crippen LogP contribution in [-0.4, -0.2) is 0 Å². The normalized spacial score (nSPS) is 11.8. The van der Waals surface area contributed by atoms with E-state index in [9.17, 15) is 0 Å². The van der Waals surface area contributed by atoms with Gasteiger partial charge in [-0.2, -0.15) is 0 Å². The molecular weight excluding hydrogens is 228 g/mol. The van der Waals surface area contributed by atoms with Crippen molar-refractivity contribution in [3.05, 3.63) is 34.9 Å². The van der Waals surface area contributed by atoms with Crippen molar-refractivity contribution in [2.24, 2.45) is 5.41 Å². The van der Waals surface area contributed by atoms with Crippen LogP contribution in [0.25, 0.3) is 0 Å². The summed E-state index contributed by atoms with van der Waals surface area (Å²) in [6, 6.07) is 8.23. The fraction of sp³-hybridized carbons (Fsp3) is 0.625. The van der Waals surface area contributed by atoms with Crippen molar-refractivity contribution in [3.63, 3.8) is 0 Å². The van der Waals surface area contributed by atoms with Crippen LogP contribution in [-0.2, 0) is 6.42 Å². The first-order chi connectivity index (χ1) is 8.03. The molecule has 0 fully saturated rings. The third-order valence-electron chi connectivity index (χ3n) is 3.67. The Balaban J connectivity index is 2.17. The van der Waals surface area contributed by atoms with Crippen molar-refractivity contribution >= 4 is 11.6 Å². The number of aryl methyl sites for hydroxylation is 1. The van der Waals surface area contributed by atoms with Crippen LogP contribution in [0.1, 0.15) is 58.4 Å². The molecule has 0 atom stereocenters. The predicted molar refractivity (Wildman–Crippen MR) is 77.7 cm³/mol. The molecule has 1 aromatic carbocycles. The van der Waals surface area contributed by atoms with Gasteiger partial charge in [-0.05, 0) is 42.4 Å². The van der Waals surface area contributed by atoms with Crippen molar-refractivity contribution in [3.8, 4) is 0 Å². The van der Waals surface area contributed by atoms with E-state index in [1.54, 1.807) is 0 Å². The Morgan fingerprint density at radius 1 is 1.12 bits per heavy atom. The minimum Gasteiger partial charge on any atom is -0.0843 e. The highest BCUT2D eigenvalue weighted by Gasteiger charge is 2.13. The quantitative estimate of drug-likeness (QED) is 0.532. The molecule has 1 heteroatoms. The Labute approximate surface area is 111 Å². The van der Waals surface area contributed by atoms with Crippen LogP contribution in [0.5, 0.6) is 0 Å². The first-order valence-corrected chi connectivity index (χ1v) is 7.16. The molecule has 0 aliphatic carbocycles. The summed E-state index contributed by atoms with van der Waals surface area (Å²) in [5.41, 5.74) is 1.89. The van der Waals surface area contributed by atoms with Gasteiger partial charge in [0.2, 0.25) is 0 Å². The number of rotatable bonds is 7. The molecule has 1 rings (SSSR count). The third kappa shape index (κ3) is 6.12. The van der Waals surface area contributed by atoms with Crippen molar-refractivity contribution < 1.29 is 0 Å². The molecule has 0 nitrogen and oxygen atoms in total. The summed E-state index contributed by atoms with van der Waals surface area (Å²) in [6.07, 6.45) is 7.74. The molecule has 0 heterocycles. The van der Waals surface area contributed by atoms with Crippen LogP contribution in [0.2, 0.25) is 5.02 Å². The summed E-state index contributed by atoms with van der Waals surface area (Å²) in [4.78, 5) is 0. The van der Waals surface area contributed by atoms with Crippen LogP contribution in [0.15, 0.2) is 24.3 Å². The van der Waals surface area contributed by atoms with E-state index < -0.39 is 0 Å². The largest absolute Gasteiger partial charge is 0.0843 e. The molecule has 96 valence electrons. The highest BCUT2D eigenvalue weighted by molar-refractivity contribution is 6.30. The highest BCUT2D eigenvalue weighted by atomic mass is 35.5. The summed E-state index contributed by atoms with van der Waals surface area (Å²) in [5.74, 6) is 0. The van der Waals surface area contributed by atoms with Crippen molar-refractivity contribution in [2.45, 2.75) is 59.3 Å². The summed E-state index contributed by atoms with van der Waals surface area (Å²) in [6.45, 7) is 7.01. The first-order valence-electron chi connectivity index (χ1n) is 6.78. The van der Waals surface area contributed by atoms with E-state index in [4.69, 9.17) is 11.6 Å². The Hall–Kier alpha value is -0.490. The fourth-order valence-corrected chi connectivity index (χ4v) is 2.19. The molecule has 0 aliphatic rings. The van der Waals surface area contributed by atoms with E-state index >= 15 is 0 Å². The van der Waals surface area contributed by atoms with Gasteiger partial charge in [0.15, 0.2) is 0 Å². The monoisotopic (exact) mass is 252 g/mol. The summed E-state index contributed by atoms with van der Waals surface area (Å²) >= 11 is 5.96. The van der Waals surface area contributed by atoms with Gasteiger partial charge in [-0.25, -0.2) is 0 Å². The van der Waals surface area contributed by atoms with Crippen molar-refractivity contribution in [1.82, 2.24) is 0 Å². The van der Waals surface area contributed by atoms with E-state index in [2.05, 4.69) is 32.9 Å². The second-order valence-electron chi connectivity index (χ2n) is 5.71. The standard InChI is InChI=1S/C16H25Cl/c1-4-16(2,3)12-7-5-6-9-14-10-8-11-15(17)13-14/h8,10-11,13H,4-7,9,12H2,1-3H3. The molecule has 0 N–H and O–H groups in total. The van der Waals surface area contributed by atoms with Crippen LogP contribution in [0.4, 0.5) is 0 Å². The number of hydrogen-bond acceptors (Lipinski definition) is 0. The van der Waals surface area contributed by atoms with E-state index in [1.807, 2.05) is 12.1 Å². The highest BCUT2D eigenvalue weighted by Crippen LogP contribution is 2.27. The van der Waals surface area contributed by atoms with Gasteiger partial charge < -0.3 is 0 Å². The average molecular weight is 253 g/mol. The van der Waals surface area contributed by atoms with Crippen LogP contribution in [0, 0.1) is 5.41 Å². The van der Waals surface area contributed by atoms with Crippen LogP contribution >= 0.6 is 11.6 Å². The van der Waals surface area contributed by atoms with E-state index in [-0.39, 0.29) is 0 Å². The molecule has 0 aliphatic heterocycles. The van der Waals surface area contributed by atoms with Gasteiger partial charge in [0.1, 0.15) is 0 Å². The van der Waals surface area contributed by atoms with Gasteiger partial charge in [-0.1, -0.05) is 63.8 Å². The lowest BCUT2D eigenvalue weighted by molar-refractivity contribution is 0.308.